The van der Waals surface area contributed by atoms with Gasteiger partial charge in [0.25, 0.3) is 5.88 Å². The van der Waals surface area contributed by atoms with E-state index >= 15 is 0 Å². The third-order valence-electron chi connectivity index (χ3n) is 3.58. The van der Waals surface area contributed by atoms with Crippen molar-refractivity contribution >= 4 is 17.1 Å². The van der Waals surface area contributed by atoms with Crippen molar-refractivity contribution in [3.63, 3.8) is 0 Å². The van der Waals surface area contributed by atoms with Crippen LogP contribution in [0.15, 0.2) is 43.2 Å². The van der Waals surface area contributed by atoms with E-state index in [2.05, 4.69) is 16.7 Å². The Morgan fingerprint density at radius 2 is 2.11 bits per heavy atom. The molecule has 0 fully saturated rings. The molecule has 0 spiro atoms. The maximum Gasteiger partial charge on any atom is 0.422 e. The molecule has 0 aliphatic heterocycles. The number of ether oxygens (including phenoxy) is 2. The molecule has 3 heterocycles. The van der Waals surface area contributed by atoms with Crippen molar-refractivity contribution in [2.45, 2.75) is 13.1 Å². The number of nitrogens with zero attached hydrogens (tertiary/aromatic N) is 3. The maximum atomic E-state index is 12.4. The van der Waals surface area contributed by atoms with Gasteiger partial charge in [-0.05, 0) is 30.7 Å². The Morgan fingerprint density at radius 1 is 1.36 bits per heavy atom. The molecule has 10 heteroatoms. The van der Waals surface area contributed by atoms with Gasteiger partial charge in [0.1, 0.15) is 5.75 Å². The van der Waals surface area contributed by atoms with Crippen LogP contribution in [0.5, 0.6) is 17.4 Å². The Bertz CT molecular complexity index is 1060. The summed E-state index contributed by atoms with van der Waals surface area (Å²) in [5.74, 6) is -1.34. The summed E-state index contributed by atoms with van der Waals surface area (Å²) in [7, 11) is 0. The van der Waals surface area contributed by atoms with E-state index < -0.39 is 18.8 Å². The van der Waals surface area contributed by atoms with Crippen molar-refractivity contribution in [1.82, 2.24) is 14.6 Å². The average molecular weight is 393 g/mol. The summed E-state index contributed by atoms with van der Waals surface area (Å²) in [6, 6.07) is 5.67. The Morgan fingerprint density at radius 3 is 2.75 bits per heavy atom. The number of carboxylic acid groups (broad SMARTS) is 1. The van der Waals surface area contributed by atoms with Gasteiger partial charge < -0.3 is 14.6 Å². The zero-order valence-electron chi connectivity index (χ0n) is 14.5. The fourth-order valence-electron chi connectivity index (χ4n) is 2.49. The number of pyridine rings is 2. The summed E-state index contributed by atoms with van der Waals surface area (Å²) in [6.07, 6.45) is -1.70. The Hall–Kier alpha value is -3.56. The van der Waals surface area contributed by atoms with Crippen molar-refractivity contribution < 1.29 is 32.5 Å². The number of hydrogen-bond acceptors (Lipinski definition) is 5. The molecule has 28 heavy (non-hydrogen) atoms. The van der Waals surface area contributed by atoms with Crippen LogP contribution >= 0.6 is 0 Å². The first-order chi connectivity index (χ1) is 13.2. The lowest BCUT2D eigenvalue weighted by atomic mass is 10.1. The average Bonchev–Trinajstić information content (AvgIpc) is 2.99. The predicted octanol–water partition coefficient (Wildman–Crippen LogP) is 4.19. The molecule has 3 aromatic rings. The number of rotatable bonds is 6. The van der Waals surface area contributed by atoms with Crippen LogP contribution in [0.4, 0.5) is 13.2 Å². The number of alkyl halides is 3. The topological polar surface area (TPSA) is 86.0 Å². The number of halogens is 3. The number of aromatic carboxylic acids is 1. The molecule has 0 atom stereocenters. The zero-order chi connectivity index (χ0) is 20.5. The number of hydrogen-bond donors (Lipinski definition) is 1. The molecule has 0 saturated heterocycles. The van der Waals surface area contributed by atoms with Crippen LogP contribution in [-0.2, 0) is 0 Å². The summed E-state index contributed by atoms with van der Waals surface area (Å²) in [5, 5.41) is 13.3. The van der Waals surface area contributed by atoms with Crippen molar-refractivity contribution in [2.75, 3.05) is 6.61 Å². The molecule has 0 saturated carbocycles. The van der Waals surface area contributed by atoms with Crippen LogP contribution in [0.25, 0.3) is 11.1 Å². The number of carboxylic acids is 1. The van der Waals surface area contributed by atoms with Crippen LogP contribution in [0.3, 0.4) is 0 Å². The van der Waals surface area contributed by atoms with E-state index in [9.17, 15) is 23.1 Å². The molecular formula is C18H14F3N3O4. The molecule has 0 aliphatic rings. The normalized spacial score (nSPS) is 11.4. The second-order valence-corrected chi connectivity index (χ2v) is 5.81. The Balaban J connectivity index is 1.97. The van der Waals surface area contributed by atoms with Gasteiger partial charge in [0.2, 0.25) is 0 Å². The maximum absolute atomic E-state index is 12.4. The van der Waals surface area contributed by atoms with Gasteiger partial charge in [-0.1, -0.05) is 6.58 Å². The fraction of sp³-hybridized carbons (Fsp3) is 0.167. The van der Waals surface area contributed by atoms with Gasteiger partial charge in [0.15, 0.2) is 18.1 Å². The van der Waals surface area contributed by atoms with Crippen LogP contribution in [-0.4, -0.2) is 38.5 Å². The third-order valence-corrected chi connectivity index (χ3v) is 3.58. The lowest BCUT2D eigenvalue weighted by molar-refractivity contribution is -0.153. The minimum atomic E-state index is -4.51. The van der Waals surface area contributed by atoms with E-state index in [0.29, 0.717) is 16.7 Å². The Labute approximate surface area is 156 Å². The number of allylic oxidation sites excluding steroid dienone is 1. The van der Waals surface area contributed by atoms with Gasteiger partial charge in [0.05, 0.1) is 5.52 Å². The van der Waals surface area contributed by atoms with Crippen LogP contribution in [0.2, 0.25) is 0 Å². The summed E-state index contributed by atoms with van der Waals surface area (Å²) in [4.78, 5) is 15.3. The zero-order valence-corrected chi connectivity index (χ0v) is 14.5. The first kappa shape index (κ1) is 19.2. The highest BCUT2D eigenvalue weighted by molar-refractivity contribution is 5.96. The fourth-order valence-corrected chi connectivity index (χ4v) is 2.49. The van der Waals surface area contributed by atoms with E-state index in [-0.39, 0.29) is 23.1 Å². The molecule has 0 radical (unpaired) electrons. The standard InChI is InChI=1S/C18H14F3N3O4/c1-10(2)14-12-8-11(5-7-24(12)23-15(14)17(25)26)28-16-13(4-3-6-22-16)27-9-18(19,20)21/h3-8H,1,9H2,2H3,(H,25,26). The van der Waals surface area contributed by atoms with Gasteiger partial charge in [-0.15, -0.1) is 0 Å². The van der Waals surface area contributed by atoms with Gasteiger partial charge in [-0.25, -0.2) is 14.3 Å². The van der Waals surface area contributed by atoms with Crippen LogP contribution in [0, 0.1) is 0 Å². The molecule has 3 aromatic heterocycles. The number of aromatic nitrogens is 3. The molecule has 0 unspecified atom stereocenters. The van der Waals surface area contributed by atoms with E-state index in [4.69, 9.17) is 9.47 Å². The summed E-state index contributed by atoms with van der Waals surface area (Å²) >= 11 is 0. The predicted molar refractivity (Wildman–Crippen MR) is 92.7 cm³/mol. The van der Waals surface area contributed by atoms with Crippen molar-refractivity contribution in [3.8, 4) is 17.4 Å². The highest BCUT2D eigenvalue weighted by Gasteiger charge is 2.29. The third kappa shape index (κ3) is 4.05. The van der Waals surface area contributed by atoms with Gasteiger partial charge in [-0.2, -0.15) is 18.3 Å². The summed E-state index contributed by atoms with van der Waals surface area (Å²) in [5.41, 5.74) is 1.05. The number of carbonyl (C=O) groups is 1. The van der Waals surface area contributed by atoms with Crippen LogP contribution < -0.4 is 9.47 Å². The van der Waals surface area contributed by atoms with Crippen molar-refractivity contribution in [2.24, 2.45) is 0 Å². The first-order valence-electron chi connectivity index (χ1n) is 7.89. The Kier molecular flexibility index (Phi) is 4.95. The molecule has 7 nitrogen and oxygen atoms in total. The lowest BCUT2D eigenvalue weighted by Crippen LogP contribution is -2.19. The number of fused-ring (bicyclic) bond motifs is 1. The van der Waals surface area contributed by atoms with Gasteiger partial charge in [-0.3, -0.25) is 0 Å². The van der Waals surface area contributed by atoms with E-state index in [1.807, 2.05) is 0 Å². The molecular weight excluding hydrogens is 379 g/mol. The van der Waals surface area contributed by atoms with Gasteiger partial charge >= 0.3 is 12.1 Å². The first-order valence-corrected chi connectivity index (χ1v) is 7.89. The van der Waals surface area contributed by atoms with Gasteiger partial charge in [0, 0.05) is 24.0 Å². The van der Waals surface area contributed by atoms with E-state index in [1.165, 1.54) is 41.2 Å². The molecule has 0 bridgehead atoms. The van der Waals surface area contributed by atoms with Crippen LogP contribution in [0.1, 0.15) is 23.0 Å². The minimum Gasteiger partial charge on any atom is -0.478 e. The monoisotopic (exact) mass is 393 g/mol. The second-order valence-electron chi connectivity index (χ2n) is 5.81. The molecule has 0 amide bonds. The summed E-state index contributed by atoms with van der Waals surface area (Å²) < 4.78 is 48.9. The minimum absolute atomic E-state index is 0.161. The quantitative estimate of drug-likeness (QED) is 0.676. The molecule has 0 aromatic carbocycles. The van der Waals surface area contributed by atoms with Crippen molar-refractivity contribution in [3.05, 3.63) is 54.5 Å². The highest BCUT2D eigenvalue weighted by atomic mass is 19.4. The largest absolute Gasteiger partial charge is 0.478 e. The molecule has 3 rings (SSSR count). The SMILES string of the molecule is C=C(C)c1c(C(=O)O)nn2ccc(Oc3ncccc3OCC(F)(F)F)cc12. The van der Waals surface area contributed by atoms with Crippen molar-refractivity contribution in [1.29, 1.82) is 0 Å². The molecule has 1 N–H and O–H groups in total. The lowest BCUT2D eigenvalue weighted by Gasteiger charge is -2.12. The summed E-state index contributed by atoms with van der Waals surface area (Å²) in [6.45, 7) is 3.92. The molecule has 146 valence electrons. The molecule has 0 aliphatic carbocycles. The second kappa shape index (κ2) is 7.22. The van der Waals surface area contributed by atoms with E-state index in [1.54, 1.807) is 6.92 Å². The van der Waals surface area contributed by atoms with E-state index in [0.717, 1.165) is 0 Å². The highest BCUT2D eigenvalue weighted by Crippen LogP contribution is 2.32. The smallest absolute Gasteiger partial charge is 0.422 e.